The summed E-state index contributed by atoms with van der Waals surface area (Å²) in [5, 5.41) is 28.7. The maximum Gasteiger partial charge on any atom is 0.255 e. The van der Waals surface area contributed by atoms with Crippen molar-refractivity contribution in [3.8, 4) is 34.3 Å². The zero-order valence-corrected chi connectivity index (χ0v) is 36.5. The molecule has 1 amide bonds. The third-order valence-corrected chi connectivity index (χ3v) is 14.8. The molecule has 4 aromatic heterocycles. The molecule has 3 N–H and O–H groups in total. The highest BCUT2D eigenvalue weighted by molar-refractivity contribution is 5.75. The van der Waals surface area contributed by atoms with Crippen molar-refractivity contribution in [1.82, 2.24) is 40.3 Å². The average Bonchev–Trinajstić information content (AvgIpc) is 3.82. The molecule has 13 nitrogen and oxygen atoms in total. The molecule has 17 heteroatoms. The Kier molecular flexibility index (Phi) is 9.48. The van der Waals surface area contributed by atoms with Crippen LogP contribution in [0, 0.1) is 34.1 Å². The van der Waals surface area contributed by atoms with E-state index in [2.05, 4.69) is 39.1 Å². The van der Waals surface area contributed by atoms with E-state index in [9.17, 15) is 9.90 Å². The van der Waals surface area contributed by atoms with Gasteiger partial charge in [0.15, 0.2) is 6.61 Å². The van der Waals surface area contributed by atoms with Crippen molar-refractivity contribution in [2.45, 2.75) is 95.0 Å². The van der Waals surface area contributed by atoms with E-state index in [0.29, 0.717) is 34.8 Å². The van der Waals surface area contributed by atoms with Crippen molar-refractivity contribution in [2.24, 2.45) is 16.6 Å². The normalized spacial score (nSPS) is 24.2. The van der Waals surface area contributed by atoms with Gasteiger partial charge < -0.3 is 20.3 Å². The van der Waals surface area contributed by atoms with E-state index in [1.807, 2.05) is 13.8 Å². The van der Waals surface area contributed by atoms with Crippen molar-refractivity contribution < 1.29 is 36.9 Å². The van der Waals surface area contributed by atoms with Crippen LogP contribution in [0.5, 0.6) is 11.8 Å². The number of hydrogen-bond donors (Lipinski definition) is 2. The van der Waals surface area contributed by atoms with E-state index in [-0.39, 0.29) is 65.4 Å². The summed E-state index contributed by atoms with van der Waals surface area (Å²) in [6.07, 6.45) is 7.68. The summed E-state index contributed by atoms with van der Waals surface area (Å²) in [6.45, 7) is 11.0. The lowest BCUT2D eigenvalue weighted by Gasteiger charge is -2.37. The molecule has 2 saturated carbocycles. The minimum atomic E-state index is -1.18. The minimum Gasteiger partial charge on any atom is -0.474 e. The first kappa shape index (κ1) is 42.5. The molecule has 1 unspecified atom stereocenters. The highest BCUT2D eigenvalue weighted by Crippen LogP contribution is 2.74. The van der Waals surface area contributed by atoms with Gasteiger partial charge in [0.1, 0.15) is 29.9 Å². The number of nitrogens with two attached hydrogens (primary N) is 1. The number of benzene rings is 2. The molecule has 334 valence electrons. The summed E-state index contributed by atoms with van der Waals surface area (Å²) in [6, 6.07) is 9.55. The number of carbonyl (C=O) groups is 1. The molecule has 65 heavy (non-hydrogen) atoms. The van der Waals surface area contributed by atoms with Gasteiger partial charge in [-0.1, -0.05) is 39.8 Å². The molecule has 4 aliphatic carbocycles. The second kappa shape index (κ2) is 14.5. The Morgan fingerprint density at radius 3 is 1.98 bits per heavy atom. The van der Waals surface area contributed by atoms with E-state index in [1.165, 1.54) is 30.6 Å². The van der Waals surface area contributed by atoms with Crippen LogP contribution in [0.3, 0.4) is 0 Å². The third kappa shape index (κ3) is 6.10. The van der Waals surface area contributed by atoms with Crippen molar-refractivity contribution in [1.29, 1.82) is 0 Å². The number of halogens is 4. The lowest BCUT2D eigenvalue weighted by Crippen LogP contribution is -2.38. The van der Waals surface area contributed by atoms with Crippen LogP contribution in [-0.2, 0) is 15.6 Å². The molecule has 2 aromatic carbocycles. The number of rotatable bonds is 11. The van der Waals surface area contributed by atoms with E-state index in [0.717, 1.165) is 24.1 Å². The summed E-state index contributed by atoms with van der Waals surface area (Å²) < 4.78 is 76.0. The van der Waals surface area contributed by atoms with E-state index in [4.69, 9.17) is 30.3 Å². The van der Waals surface area contributed by atoms with Gasteiger partial charge in [0, 0.05) is 12.4 Å². The number of carbonyl (C=O) groups excluding carboxylic acids is 1. The van der Waals surface area contributed by atoms with Gasteiger partial charge in [-0.05, 0) is 109 Å². The molecule has 10 rings (SSSR count). The predicted molar refractivity (Wildman–Crippen MR) is 227 cm³/mol. The molecule has 0 saturated heterocycles. The van der Waals surface area contributed by atoms with Gasteiger partial charge in [-0.15, -0.1) is 10.2 Å². The van der Waals surface area contributed by atoms with Crippen molar-refractivity contribution in [3.05, 3.63) is 130 Å². The van der Waals surface area contributed by atoms with Crippen LogP contribution in [0.15, 0.2) is 67.3 Å². The standard InChI is InChI=1S/C48H45F4N9O4/c1-44(2,63)22-65-37-20-55-18-34(57-37)48-16-26(40(46(48,5)6)25-15-31(58-61-43(25)48)38-28(49)8-7-9-29(38)50)23-10-11-30(51)39(41(23)52)32-14-24-27-12-13-47(45(27,3)4,42(24)60-59-32)33-17-54-19-36(56-33)64-21-35(53)62/h7-11,14-15,17-20,26-27,40,63H,12-13,16,21-22H2,1-6H3,(H2,53,62)/t26?,27-,40+,47-,48-/m0/s1. The number of ether oxygens (including phenoxy) is 2. The number of aliphatic hydroxyl groups is 1. The molecule has 0 spiro atoms. The number of fused-ring (bicyclic) bond motifs is 10. The molecular formula is C48H45F4N9O4. The molecule has 0 aliphatic heterocycles. The predicted octanol–water partition coefficient (Wildman–Crippen LogP) is 7.55. The SMILES string of the molecule is CC(C)(O)COc1cncc([C@@]23CC(c4ccc(F)c(-c5cc6c(nn5)[C@@]5(c7cncc(OCC(N)=O)n7)CC[C@@H]6C5(C)C)c4F)[C@@H](c4cc(-c5c(F)cccc5F)nnc42)C3(C)C)n1. The van der Waals surface area contributed by atoms with Gasteiger partial charge in [0.05, 0.1) is 74.1 Å². The van der Waals surface area contributed by atoms with Crippen molar-refractivity contribution in [3.63, 3.8) is 0 Å². The minimum absolute atomic E-state index is 0.0203. The summed E-state index contributed by atoms with van der Waals surface area (Å²) in [7, 11) is 0. The zero-order chi connectivity index (χ0) is 46.0. The fraction of sp³-hybridized carbons (Fsp3) is 0.396. The summed E-state index contributed by atoms with van der Waals surface area (Å²) in [5.74, 6) is -4.95. The van der Waals surface area contributed by atoms with Gasteiger partial charge in [0.25, 0.3) is 5.91 Å². The molecule has 0 radical (unpaired) electrons. The Balaban J connectivity index is 1.09. The Bertz CT molecular complexity index is 2940. The Morgan fingerprint density at radius 2 is 1.34 bits per heavy atom. The highest BCUT2D eigenvalue weighted by atomic mass is 19.1. The van der Waals surface area contributed by atoms with E-state index >= 15 is 17.6 Å². The van der Waals surface area contributed by atoms with E-state index < -0.39 is 68.3 Å². The first-order chi connectivity index (χ1) is 30.8. The smallest absolute Gasteiger partial charge is 0.255 e. The Labute approximate surface area is 371 Å². The van der Waals surface area contributed by atoms with Crippen LogP contribution in [0.25, 0.3) is 22.5 Å². The quantitative estimate of drug-likeness (QED) is 0.122. The second-order valence-corrected chi connectivity index (χ2v) is 19.5. The zero-order valence-electron chi connectivity index (χ0n) is 36.5. The third-order valence-electron chi connectivity index (χ3n) is 14.8. The largest absolute Gasteiger partial charge is 0.474 e. The van der Waals surface area contributed by atoms with Crippen LogP contribution in [0.4, 0.5) is 17.6 Å². The molecule has 2 fully saturated rings. The molecule has 4 aliphatic rings. The van der Waals surface area contributed by atoms with Gasteiger partial charge >= 0.3 is 0 Å². The molecule has 4 heterocycles. The van der Waals surface area contributed by atoms with Gasteiger partial charge in [0.2, 0.25) is 11.8 Å². The first-order valence-corrected chi connectivity index (χ1v) is 21.4. The van der Waals surface area contributed by atoms with E-state index in [1.54, 1.807) is 38.4 Å². The number of hydrogen-bond acceptors (Lipinski definition) is 12. The molecular weight excluding hydrogens is 843 g/mol. The molecule has 5 atom stereocenters. The summed E-state index contributed by atoms with van der Waals surface area (Å²) >= 11 is 0. The monoisotopic (exact) mass is 887 g/mol. The average molecular weight is 888 g/mol. The lowest BCUT2D eigenvalue weighted by atomic mass is 9.66. The van der Waals surface area contributed by atoms with Crippen LogP contribution < -0.4 is 15.2 Å². The van der Waals surface area contributed by atoms with Gasteiger partial charge in [-0.25, -0.2) is 27.5 Å². The van der Waals surface area contributed by atoms with Gasteiger partial charge in [-0.2, -0.15) is 10.2 Å². The van der Waals surface area contributed by atoms with Gasteiger partial charge in [-0.3, -0.25) is 14.8 Å². The summed E-state index contributed by atoms with van der Waals surface area (Å²) in [4.78, 5) is 29.9. The Morgan fingerprint density at radius 1 is 0.754 bits per heavy atom. The maximum atomic E-state index is 17.7. The van der Waals surface area contributed by atoms with Crippen LogP contribution in [-0.4, -0.2) is 70.2 Å². The fourth-order valence-corrected chi connectivity index (χ4v) is 11.9. The van der Waals surface area contributed by atoms with Crippen molar-refractivity contribution >= 4 is 5.91 Å². The number of nitrogens with zero attached hydrogens (tertiary/aromatic N) is 8. The van der Waals surface area contributed by atoms with Crippen LogP contribution in [0.2, 0.25) is 0 Å². The van der Waals surface area contributed by atoms with Crippen LogP contribution in [0.1, 0.15) is 118 Å². The molecule has 4 bridgehead atoms. The summed E-state index contributed by atoms with van der Waals surface area (Å²) in [5.41, 5.74) is 3.99. The Hall–Kier alpha value is -6.49. The number of primary amides is 1. The van der Waals surface area contributed by atoms with Crippen molar-refractivity contribution in [2.75, 3.05) is 13.2 Å². The first-order valence-electron chi connectivity index (χ1n) is 21.4. The van der Waals surface area contributed by atoms with Crippen LogP contribution >= 0.6 is 0 Å². The second-order valence-electron chi connectivity index (χ2n) is 19.5. The topological polar surface area (TPSA) is 185 Å². The number of aromatic nitrogens is 8. The maximum absolute atomic E-state index is 17.7. The highest BCUT2D eigenvalue weighted by Gasteiger charge is 2.69. The fourth-order valence-electron chi connectivity index (χ4n) is 11.9. The lowest BCUT2D eigenvalue weighted by molar-refractivity contribution is -0.120. The molecule has 6 aromatic rings. The number of amides is 1.